The Balaban J connectivity index is 1.78. The minimum atomic E-state index is 0.331. The monoisotopic (exact) mass is 225 g/mol. The molecule has 0 atom stereocenters. The third-order valence-electron chi connectivity index (χ3n) is 2.56. The third kappa shape index (κ3) is 6.58. The molecule has 0 aliphatic rings. The second-order valence-corrected chi connectivity index (χ2v) is 4.01. The van der Waals surface area contributed by atoms with Crippen LogP contribution in [0.4, 0.5) is 0 Å². The molecule has 0 bridgehead atoms. The van der Waals surface area contributed by atoms with Crippen molar-refractivity contribution in [3.05, 3.63) is 18.5 Å². The molecule has 92 valence electrons. The van der Waals surface area contributed by atoms with Gasteiger partial charge in [0.05, 0.1) is 0 Å². The molecule has 0 fully saturated rings. The summed E-state index contributed by atoms with van der Waals surface area (Å²) in [5, 5.41) is 16.2. The van der Waals surface area contributed by atoms with Crippen LogP contribution in [0.15, 0.2) is 18.5 Å². The molecule has 0 saturated carbocycles. The van der Waals surface area contributed by atoms with Gasteiger partial charge in [-0.15, -0.1) is 0 Å². The van der Waals surface area contributed by atoms with Crippen LogP contribution in [-0.2, 0) is 6.54 Å². The highest BCUT2D eigenvalue weighted by atomic mass is 16.2. The smallest absolute Gasteiger partial charge is 0.0489 e. The molecule has 0 aliphatic heterocycles. The lowest BCUT2D eigenvalue weighted by atomic mass is 10.2. The Morgan fingerprint density at radius 2 is 1.88 bits per heavy atom. The summed E-state index contributed by atoms with van der Waals surface area (Å²) in [5.41, 5.74) is 0. The van der Waals surface area contributed by atoms with Crippen LogP contribution in [0.2, 0.25) is 0 Å². The van der Waals surface area contributed by atoms with Crippen molar-refractivity contribution in [2.24, 2.45) is 0 Å². The summed E-state index contributed by atoms with van der Waals surface area (Å²) in [4.78, 5) is 0. The van der Waals surface area contributed by atoms with Gasteiger partial charge in [0.2, 0.25) is 0 Å². The highest BCUT2D eigenvalue weighted by molar-refractivity contribution is 4.77. The summed E-state index contributed by atoms with van der Waals surface area (Å²) in [5.74, 6) is 0. The van der Waals surface area contributed by atoms with E-state index in [9.17, 15) is 0 Å². The Hall–Kier alpha value is -0.870. The van der Waals surface area contributed by atoms with Gasteiger partial charge in [-0.2, -0.15) is 5.10 Å². The Bertz CT molecular complexity index is 236. The first-order valence-corrected chi connectivity index (χ1v) is 6.22. The number of hydrogen-bond acceptors (Lipinski definition) is 3. The third-order valence-corrected chi connectivity index (χ3v) is 2.56. The van der Waals surface area contributed by atoms with Gasteiger partial charge in [0, 0.05) is 25.5 Å². The van der Waals surface area contributed by atoms with E-state index in [-0.39, 0.29) is 0 Å². The van der Waals surface area contributed by atoms with E-state index < -0.39 is 0 Å². The number of nitrogens with one attached hydrogen (secondary N) is 1. The van der Waals surface area contributed by atoms with Crippen molar-refractivity contribution >= 4 is 0 Å². The average molecular weight is 225 g/mol. The van der Waals surface area contributed by atoms with E-state index in [1.54, 1.807) is 0 Å². The van der Waals surface area contributed by atoms with Gasteiger partial charge >= 0.3 is 0 Å². The molecule has 0 saturated heterocycles. The van der Waals surface area contributed by atoms with Crippen molar-refractivity contribution in [3.8, 4) is 0 Å². The van der Waals surface area contributed by atoms with E-state index in [2.05, 4.69) is 10.4 Å². The fourth-order valence-electron chi connectivity index (χ4n) is 1.64. The molecule has 0 aromatic carbocycles. The first-order chi connectivity index (χ1) is 7.93. The van der Waals surface area contributed by atoms with Crippen LogP contribution < -0.4 is 5.32 Å². The summed E-state index contributed by atoms with van der Waals surface area (Å²) in [6.45, 7) is 3.46. The zero-order valence-electron chi connectivity index (χ0n) is 9.94. The number of aromatic nitrogens is 2. The largest absolute Gasteiger partial charge is 0.396 e. The lowest BCUT2D eigenvalue weighted by Crippen LogP contribution is -2.18. The first-order valence-electron chi connectivity index (χ1n) is 6.22. The minimum absolute atomic E-state index is 0.331. The van der Waals surface area contributed by atoms with Crippen LogP contribution in [0.5, 0.6) is 0 Å². The van der Waals surface area contributed by atoms with Crippen molar-refractivity contribution in [1.82, 2.24) is 15.1 Å². The van der Waals surface area contributed by atoms with E-state index in [0.717, 1.165) is 38.9 Å². The molecule has 0 aliphatic carbocycles. The second-order valence-electron chi connectivity index (χ2n) is 4.01. The summed E-state index contributed by atoms with van der Waals surface area (Å²) in [7, 11) is 0. The molecule has 1 aromatic rings. The summed E-state index contributed by atoms with van der Waals surface area (Å²) in [6.07, 6.45) is 9.45. The van der Waals surface area contributed by atoms with Crippen molar-refractivity contribution in [2.75, 3.05) is 19.7 Å². The number of aliphatic hydroxyl groups is 1. The number of hydrogen-bond donors (Lipinski definition) is 2. The van der Waals surface area contributed by atoms with Gasteiger partial charge in [-0.3, -0.25) is 4.68 Å². The van der Waals surface area contributed by atoms with E-state index in [4.69, 9.17) is 5.11 Å². The molecule has 0 spiro atoms. The summed E-state index contributed by atoms with van der Waals surface area (Å²) < 4.78 is 1.96. The van der Waals surface area contributed by atoms with Crippen LogP contribution in [0.1, 0.15) is 32.1 Å². The molecule has 16 heavy (non-hydrogen) atoms. The molecular formula is C12H23N3O. The maximum absolute atomic E-state index is 8.61. The fourth-order valence-corrected chi connectivity index (χ4v) is 1.64. The van der Waals surface area contributed by atoms with E-state index in [1.165, 1.54) is 12.8 Å². The van der Waals surface area contributed by atoms with Crippen molar-refractivity contribution in [1.29, 1.82) is 0 Å². The van der Waals surface area contributed by atoms with Crippen LogP contribution in [0.3, 0.4) is 0 Å². The SMILES string of the molecule is OCCCCCCNCCCn1cccn1. The Morgan fingerprint density at radius 1 is 1.06 bits per heavy atom. The van der Waals surface area contributed by atoms with Crippen LogP contribution in [0, 0.1) is 0 Å². The lowest BCUT2D eigenvalue weighted by Gasteiger charge is -2.04. The molecule has 0 radical (unpaired) electrons. The molecule has 2 N–H and O–H groups in total. The zero-order chi connectivity index (χ0) is 11.5. The highest BCUT2D eigenvalue weighted by Crippen LogP contribution is 1.97. The Kier molecular flexibility index (Phi) is 7.72. The molecule has 1 aromatic heterocycles. The van der Waals surface area contributed by atoms with Crippen LogP contribution in [0.25, 0.3) is 0 Å². The molecule has 1 rings (SSSR count). The zero-order valence-corrected chi connectivity index (χ0v) is 9.94. The maximum atomic E-state index is 8.61. The first kappa shape index (κ1) is 13.2. The number of aliphatic hydroxyl groups excluding tert-OH is 1. The van der Waals surface area contributed by atoms with Crippen LogP contribution in [-0.4, -0.2) is 34.6 Å². The van der Waals surface area contributed by atoms with Crippen molar-refractivity contribution in [3.63, 3.8) is 0 Å². The van der Waals surface area contributed by atoms with Gasteiger partial charge in [-0.1, -0.05) is 12.8 Å². The van der Waals surface area contributed by atoms with Gasteiger partial charge in [-0.25, -0.2) is 0 Å². The fraction of sp³-hybridized carbons (Fsp3) is 0.750. The highest BCUT2D eigenvalue weighted by Gasteiger charge is 1.92. The molecule has 1 heterocycles. The second kappa shape index (κ2) is 9.36. The molecule has 0 amide bonds. The number of rotatable bonds is 10. The molecule has 4 nitrogen and oxygen atoms in total. The van der Waals surface area contributed by atoms with E-state index >= 15 is 0 Å². The van der Waals surface area contributed by atoms with Crippen LogP contribution >= 0.6 is 0 Å². The maximum Gasteiger partial charge on any atom is 0.0489 e. The van der Waals surface area contributed by atoms with Gasteiger partial charge in [0.15, 0.2) is 0 Å². The molecule has 4 heteroatoms. The number of unbranched alkanes of at least 4 members (excludes halogenated alkanes) is 3. The summed E-state index contributed by atoms with van der Waals surface area (Å²) >= 11 is 0. The van der Waals surface area contributed by atoms with Crippen molar-refractivity contribution in [2.45, 2.75) is 38.6 Å². The van der Waals surface area contributed by atoms with Gasteiger partial charge in [-0.05, 0) is 38.4 Å². The molecular weight excluding hydrogens is 202 g/mol. The minimum Gasteiger partial charge on any atom is -0.396 e. The van der Waals surface area contributed by atoms with Crippen molar-refractivity contribution < 1.29 is 5.11 Å². The van der Waals surface area contributed by atoms with E-state index in [1.807, 2.05) is 23.1 Å². The topological polar surface area (TPSA) is 50.1 Å². The lowest BCUT2D eigenvalue weighted by molar-refractivity contribution is 0.282. The predicted octanol–water partition coefficient (Wildman–Crippen LogP) is 1.42. The quantitative estimate of drug-likeness (QED) is 0.592. The summed E-state index contributed by atoms with van der Waals surface area (Å²) in [6, 6.07) is 1.95. The normalized spacial score (nSPS) is 10.8. The van der Waals surface area contributed by atoms with Gasteiger partial charge < -0.3 is 10.4 Å². The van der Waals surface area contributed by atoms with E-state index in [0.29, 0.717) is 6.61 Å². The Morgan fingerprint density at radius 3 is 2.62 bits per heavy atom. The Labute approximate surface area is 97.7 Å². The van der Waals surface area contributed by atoms with Gasteiger partial charge in [0.25, 0.3) is 0 Å². The van der Waals surface area contributed by atoms with Gasteiger partial charge in [0.1, 0.15) is 0 Å². The predicted molar refractivity (Wildman–Crippen MR) is 65.3 cm³/mol. The average Bonchev–Trinajstić information content (AvgIpc) is 2.80. The number of aryl methyl sites for hydroxylation is 1. The molecule has 0 unspecified atom stereocenters. The standard InChI is InChI=1S/C12H23N3O/c16-12-4-2-1-3-7-13-8-5-10-15-11-6-9-14-15/h6,9,11,13,16H,1-5,7-8,10,12H2. The number of nitrogens with zero attached hydrogens (tertiary/aromatic N) is 2.